The zero-order chi connectivity index (χ0) is 11.1. The van der Waals surface area contributed by atoms with Gasteiger partial charge in [0, 0.05) is 51.9 Å². The van der Waals surface area contributed by atoms with Gasteiger partial charge in [-0.1, -0.05) is 0 Å². The molecule has 4 nitrogen and oxygen atoms in total. The Labute approximate surface area is 94.0 Å². The molecule has 2 aliphatic heterocycles. The van der Waals surface area contributed by atoms with Crippen LogP contribution in [0.15, 0.2) is 0 Å². The van der Waals surface area contributed by atoms with E-state index in [1.807, 2.05) is 0 Å². The summed E-state index contributed by atoms with van der Waals surface area (Å²) in [5.41, 5.74) is 0. The van der Waals surface area contributed by atoms with E-state index < -0.39 is 0 Å². The zero-order valence-corrected chi connectivity index (χ0v) is 10.4. The van der Waals surface area contributed by atoms with Crippen molar-refractivity contribution in [1.82, 2.24) is 20.4 Å². The lowest BCUT2D eigenvalue weighted by Crippen LogP contribution is -2.47. The van der Waals surface area contributed by atoms with Crippen molar-refractivity contribution < 1.29 is 0 Å². The van der Waals surface area contributed by atoms with E-state index in [1.54, 1.807) is 0 Å². The van der Waals surface area contributed by atoms with Crippen LogP contribution in [0.3, 0.4) is 0 Å². The Morgan fingerprint density at radius 3 is 1.87 bits per heavy atom. The maximum Gasteiger partial charge on any atom is 0.0189 e. The van der Waals surface area contributed by atoms with E-state index in [4.69, 9.17) is 0 Å². The average Bonchev–Trinajstić information content (AvgIpc) is 2.25. The maximum atomic E-state index is 3.32. The molecule has 0 aromatic heterocycles. The van der Waals surface area contributed by atoms with Gasteiger partial charge in [0.2, 0.25) is 0 Å². The van der Waals surface area contributed by atoms with Crippen LogP contribution in [0, 0.1) is 0 Å². The van der Waals surface area contributed by atoms with E-state index in [1.165, 1.54) is 19.6 Å². The van der Waals surface area contributed by atoms with Crippen molar-refractivity contribution in [1.29, 1.82) is 0 Å². The molecule has 2 rings (SSSR count). The minimum absolute atomic E-state index is 0.726. The molecular weight excluding hydrogens is 188 g/mol. The third-order valence-corrected chi connectivity index (χ3v) is 3.17. The molecule has 0 spiro atoms. The lowest BCUT2D eigenvalue weighted by molar-refractivity contribution is 0.215. The number of piperazine rings is 2. The van der Waals surface area contributed by atoms with Crippen molar-refractivity contribution in [3.8, 4) is 0 Å². The van der Waals surface area contributed by atoms with E-state index >= 15 is 0 Å². The fourth-order valence-corrected chi connectivity index (χ4v) is 1.72. The molecule has 1 unspecified atom stereocenters. The van der Waals surface area contributed by atoms with Gasteiger partial charge in [-0.25, -0.2) is 0 Å². The highest BCUT2D eigenvalue weighted by molar-refractivity contribution is 4.71. The summed E-state index contributed by atoms with van der Waals surface area (Å²) in [6.07, 6.45) is 0. The highest BCUT2D eigenvalue weighted by Crippen LogP contribution is 1.95. The van der Waals surface area contributed by atoms with Gasteiger partial charge in [0.15, 0.2) is 0 Å². The van der Waals surface area contributed by atoms with Gasteiger partial charge >= 0.3 is 0 Å². The van der Waals surface area contributed by atoms with Crippen molar-refractivity contribution in [2.45, 2.75) is 13.0 Å². The van der Waals surface area contributed by atoms with Crippen LogP contribution in [0.2, 0.25) is 0 Å². The van der Waals surface area contributed by atoms with Gasteiger partial charge in [0.25, 0.3) is 0 Å². The maximum absolute atomic E-state index is 3.32. The first-order valence-electron chi connectivity index (χ1n) is 6.00. The second-order valence-electron chi connectivity index (χ2n) is 4.59. The van der Waals surface area contributed by atoms with Gasteiger partial charge in [0.05, 0.1) is 0 Å². The van der Waals surface area contributed by atoms with Crippen LogP contribution in [-0.2, 0) is 0 Å². The standard InChI is InChI=1S/C6H14N2.C5H12N2/c1-6-5-7-3-4-8(6)2;1-7-4-2-6-3-5-7/h6-7H,3-5H2,1-2H3;6H,2-5H2,1H3. The molecule has 0 radical (unpaired) electrons. The number of likely N-dealkylation sites (N-methyl/N-ethyl adjacent to an activating group) is 2. The first-order chi connectivity index (χ1) is 7.20. The van der Waals surface area contributed by atoms with Gasteiger partial charge in [-0.05, 0) is 21.0 Å². The van der Waals surface area contributed by atoms with Crippen LogP contribution in [0.5, 0.6) is 0 Å². The van der Waals surface area contributed by atoms with Crippen molar-refractivity contribution >= 4 is 0 Å². The highest BCUT2D eigenvalue weighted by atomic mass is 15.2. The van der Waals surface area contributed by atoms with Crippen LogP contribution in [-0.4, -0.2) is 75.8 Å². The first-order valence-corrected chi connectivity index (χ1v) is 6.00. The summed E-state index contributed by atoms with van der Waals surface area (Å²) in [6.45, 7) is 10.5. The molecule has 0 amide bonds. The molecule has 1 atom stereocenters. The topological polar surface area (TPSA) is 30.5 Å². The van der Waals surface area contributed by atoms with E-state index in [9.17, 15) is 0 Å². The number of nitrogens with zero attached hydrogens (tertiary/aromatic N) is 2. The van der Waals surface area contributed by atoms with Crippen molar-refractivity contribution in [2.75, 3.05) is 59.9 Å². The van der Waals surface area contributed by atoms with Crippen LogP contribution in [0.4, 0.5) is 0 Å². The first kappa shape index (κ1) is 12.9. The van der Waals surface area contributed by atoms with Gasteiger partial charge < -0.3 is 20.4 Å². The van der Waals surface area contributed by atoms with Crippen molar-refractivity contribution in [2.24, 2.45) is 0 Å². The Morgan fingerprint density at radius 1 is 0.933 bits per heavy atom. The van der Waals surface area contributed by atoms with Gasteiger partial charge in [0.1, 0.15) is 0 Å². The highest BCUT2D eigenvalue weighted by Gasteiger charge is 2.11. The van der Waals surface area contributed by atoms with Gasteiger partial charge in [-0.15, -0.1) is 0 Å². The molecule has 0 bridgehead atoms. The van der Waals surface area contributed by atoms with E-state index in [0.29, 0.717) is 0 Å². The number of hydrogen-bond donors (Lipinski definition) is 2. The molecule has 0 aliphatic carbocycles. The Kier molecular flexibility index (Phi) is 6.17. The lowest BCUT2D eigenvalue weighted by Gasteiger charge is -2.29. The third kappa shape index (κ3) is 5.47. The molecular formula is C11H26N4. The van der Waals surface area contributed by atoms with Crippen molar-refractivity contribution in [3.05, 3.63) is 0 Å². The summed E-state index contributed by atoms with van der Waals surface area (Å²) in [7, 11) is 4.33. The molecule has 2 fully saturated rings. The molecule has 90 valence electrons. The summed E-state index contributed by atoms with van der Waals surface area (Å²) in [6, 6.07) is 0.726. The van der Waals surface area contributed by atoms with Crippen LogP contribution in [0.25, 0.3) is 0 Å². The summed E-state index contributed by atoms with van der Waals surface area (Å²) >= 11 is 0. The fraction of sp³-hybridized carbons (Fsp3) is 1.00. The molecule has 15 heavy (non-hydrogen) atoms. The van der Waals surface area contributed by atoms with E-state index in [2.05, 4.69) is 41.5 Å². The van der Waals surface area contributed by atoms with Crippen LogP contribution >= 0.6 is 0 Å². The molecule has 0 aromatic rings. The molecule has 4 heteroatoms. The Hall–Kier alpha value is -0.160. The number of nitrogens with one attached hydrogen (secondary N) is 2. The summed E-state index contributed by atoms with van der Waals surface area (Å²) < 4.78 is 0. The smallest absolute Gasteiger partial charge is 0.0189 e. The summed E-state index contributed by atoms with van der Waals surface area (Å²) in [5, 5.41) is 6.60. The largest absolute Gasteiger partial charge is 0.314 e. The number of rotatable bonds is 0. The normalized spacial score (nSPS) is 29.4. The predicted octanol–water partition coefficient (Wildman–Crippen LogP) is -0.569. The van der Waals surface area contributed by atoms with Crippen molar-refractivity contribution in [3.63, 3.8) is 0 Å². The predicted molar refractivity (Wildman–Crippen MR) is 65.3 cm³/mol. The Morgan fingerprint density at radius 2 is 1.53 bits per heavy atom. The number of hydrogen-bond acceptors (Lipinski definition) is 4. The van der Waals surface area contributed by atoms with Crippen LogP contribution < -0.4 is 10.6 Å². The minimum Gasteiger partial charge on any atom is -0.314 e. The summed E-state index contributed by atoms with van der Waals surface area (Å²) in [5.74, 6) is 0. The molecule has 2 saturated heterocycles. The molecule has 0 aromatic carbocycles. The van der Waals surface area contributed by atoms with Crippen LogP contribution in [0.1, 0.15) is 6.92 Å². The average molecular weight is 214 g/mol. The lowest BCUT2D eigenvalue weighted by atomic mass is 10.2. The molecule has 2 aliphatic rings. The van der Waals surface area contributed by atoms with E-state index in [0.717, 1.165) is 32.2 Å². The quantitative estimate of drug-likeness (QED) is 0.565. The van der Waals surface area contributed by atoms with Gasteiger partial charge in [-0.2, -0.15) is 0 Å². The monoisotopic (exact) mass is 214 g/mol. The fourth-order valence-electron chi connectivity index (χ4n) is 1.72. The third-order valence-electron chi connectivity index (χ3n) is 3.17. The minimum atomic E-state index is 0.726. The van der Waals surface area contributed by atoms with E-state index in [-0.39, 0.29) is 0 Å². The Bertz CT molecular complexity index is 147. The molecule has 2 heterocycles. The SMILES string of the molecule is CC1CNCCN1C.CN1CCNCC1. The molecule has 2 N–H and O–H groups in total. The molecule has 0 saturated carbocycles. The summed E-state index contributed by atoms with van der Waals surface area (Å²) in [4.78, 5) is 4.70. The second-order valence-corrected chi connectivity index (χ2v) is 4.59. The Balaban J connectivity index is 0.000000151. The second kappa shape index (κ2) is 7.17. The van der Waals surface area contributed by atoms with Gasteiger partial charge in [-0.3, -0.25) is 0 Å². The zero-order valence-electron chi connectivity index (χ0n) is 10.4.